The molecule has 0 aromatic heterocycles. The summed E-state index contributed by atoms with van der Waals surface area (Å²) in [5, 5.41) is 9.46. The highest BCUT2D eigenvalue weighted by molar-refractivity contribution is 5.74. The fraction of sp³-hybridized carbons (Fsp3) is 0.941. The monoisotopic (exact) mass is 297 g/mol. The van der Waals surface area contributed by atoms with Crippen LogP contribution in [0.2, 0.25) is 0 Å². The maximum Gasteiger partial charge on any atom is 0.309 e. The normalized spacial score (nSPS) is 32.0. The van der Waals surface area contributed by atoms with E-state index in [0.717, 1.165) is 51.8 Å². The molecule has 3 unspecified atom stereocenters. The lowest BCUT2D eigenvalue weighted by Gasteiger charge is -2.44. The summed E-state index contributed by atoms with van der Waals surface area (Å²) in [5.41, 5.74) is -0.618. The number of hydrogen-bond donors (Lipinski definition) is 1. The first-order chi connectivity index (χ1) is 9.95. The fourth-order valence-corrected chi connectivity index (χ4v) is 3.82. The van der Waals surface area contributed by atoms with Gasteiger partial charge in [0.1, 0.15) is 0 Å². The van der Waals surface area contributed by atoms with Gasteiger partial charge < -0.3 is 9.84 Å². The molecule has 0 radical (unpaired) electrons. The molecule has 0 aromatic rings. The molecule has 0 saturated carbocycles. The molecule has 2 aliphatic heterocycles. The molecule has 2 saturated heterocycles. The second-order valence-corrected chi connectivity index (χ2v) is 7.32. The Labute approximate surface area is 128 Å². The second kappa shape index (κ2) is 7.10. The van der Waals surface area contributed by atoms with Crippen LogP contribution in [0.25, 0.3) is 0 Å². The number of hydrogen-bond acceptors (Lipinski definition) is 3. The number of carbonyl (C=O) groups is 1. The number of rotatable bonds is 5. The van der Waals surface area contributed by atoms with Gasteiger partial charge in [-0.3, -0.25) is 9.69 Å². The largest absolute Gasteiger partial charge is 0.481 e. The van der Waals surface area contributed by atoms with Gasteiger partial charge in [0.25, 0.3) is 0 Å². The van der Waals surface area contributed by atoms with Crippen molar-refractivity contribution in [3.63, 3.8) is 0 Å². The van der Waals surface area contributed by atoms with Gasteiger partial charge in [-0.25, -0.2) is 0 Å². The Bertz CT molecular complexity index is 354. The number of nitrogens with zero attached hydrogens (tertiary/aromatic N) is 1. The summed E-state index contributed by atoms with van der Waals surface area (Å²) in [7, 11) is 0. The highest BCUT2D eigenvalue weighted by atomic mass is 16.5. The van der Waals surface area contributed by atoms with Gasteiger partial charge >= 0.3 is 5.97 Å². The zero-order valence-corrected chi connectivity index (χ0v) is 13.8. The van der Waals surface area contributed by atoms with E-state index in [1.807, 2.05) is 13.8 Å². The highest BCUT2D eigenvalue weighted by Gasteiger charge is 2.40. The quantitative estimate of drug-likeness (QED) is 0.847. The van der Waals surface area contributed by atoms with E-state index in [-0.39, 0.29) is 5.92 Å². The molecule has 122 valence electrons. The van der Waals surface area contributed by atoms with Crippen LogP contribution in [0, 0.1) is 11.3 Å². The van der Waals surface area contributed by atoms with E-state index in [9.17, 15) is 9.90 Å². The van der Waals surface area contributed by atoms with Gasteiger partial charge in [-0.1, -0.05) is 13.3 Å². The summed E-state index contributed by atoms with van der Waals surface area (Å²) in [6.45, 7) is 8.89. The van der Waals surface area contributed by atoms with E-state index in [1.165, 1.54) is 6.42 Å². The van der Waals surface area contributed by atoms with Gasteiger partial charge in [-0.15, -0.1) is 0 Å². The highest BCUT2D eigenvalue weighted by Crippen LogP contribution is 2.36. The molecule has 0 amide bonds. The molecular weight excluding hydrogens is 266 g/mol. The molecule has 2 rings (SSSR count). The number of aliphatic carboxylic acids is 1. The van der Waals surface area contributed by atoms with Gasteiger partial charge in [-0.2, -0.15) is 0 Å². The smallest absolute Gasteiger partial charge is 0.309 e. The van der Waals surface area contributed by atoms with Crippen LogP contribution in [-0.2, 0) is 9.53 Å². The Morgan fingerprint density at radius 3 is 2.81 bits per heavy atom. The first kappa shape index (κ1) is 16.8. The summed E-state index contributed by atoms with van der Waals surface area (Å²) in [5.74, 6) is -0.401. The maximum absolute atomic E-state index is 11.5. The topological polar surface area (TPSA) is 49.8 Å². The average molecular weight is 297 g/mol. The first-order valence-corrected chi connectivity index (χ1v) is 8.54. The third-order valence-corrected chi connectivity index (χ3v) is 5.49. The number of ether oxygens (including phenoxy) is 1. The summed E-state index contributed by atoms with van der Waals surface area (Å²) in [4.78, 5) is 14.0. The Balaban J connectivity index is 1.96. The zero-order chi connectivity index (χ0) is 15.5. The SMILES string of the molecule is CCCC1CC(N2CCCC(C(C)(C)C(=O)O)C2)CCO1. The predicted octanol–water partition coefficient (Wildman–Crippen LogP) is 3.16. The summed E-state index contributed by atoms with van der Waals surface area (Å²) in [6.07, 6.45) is 7.10. The van der Waals surface area contributed by atoms with Crippen molar-refractivity contribution in [3.8, 4) is 0 Å². The minimum absolute atomic E-state index is 0.260. The average Bonchev–Trinajstić information content (AvgIpc) is 2.48. The lowest BCUT2D eigenvalue weighted by atomic mass is 9.74. The van der Waals surface area contributed by atoms with Crippen LogP contribution < -0.4 is 0 Å². The molecule has 4 heteroatoms. The van der Waals surface area contributed by atoms with Crippen molar-refractivity contribution >= 4 is 5.97 Å². The molecule has 3 atom stereocenters. The molecule has 2 fully saturated rings. The third-order valence-electron chi connectivity index (χ3n) is 5.49. The van der Waals surface area contributed by atoms with Gasteiger partial charge in [0.05, 0.1) is 11.5 Å². The zero-order valence-electron chi connectivity index (χ0n) is 13.8. The van der Waals surface area contributed by atoms with Crippen molar-refractivity contribution in [1.29, 1.82) is 0 Å². The van der Waals surface area contributed by atoms with E-state index in [1.54, 1.807) is 0 Å². The van der Waals surface area contributed by atoms with Crippen molar-refractivity contribution < 1.29 is 14.6 Å². The van der Waals surface area contributed by atoms with E-state index in [0.29, 0.717) is 12.1 Å². The molecule has 2 aliphatic rings. The number of likely N-dealkylation sites (tertiary alicyclic amines) is 1. The van der Waals surface area contributed by atoms with Crippen LogP contribution in [0.5, 0.6) is 0 Å². The maximum atomic E-state index is 11.5. The Morgan fingerprint density at radius 1 is 1.38 bits per heavy atom. The number of piperidine rings is 1. The molecule has 0 bridgehead atoms. The Hall–Kier alpha value is -0.610. The Morgan fingerprint density at radius 2 is 2.14 bits per heavy atom. The van der Waals surface area contributed by atoms with Crippen molar-refractivity contribution in [2.45, 2.75) is 71.4 Å². The summed E-state index contributed by atoms with van der Waals surface area (Å²) >= 11 is 0. The number of carboxylic acid groups (broad SMARTS) is 1. The van der Waals surface area contributed by atoms with Crippen LogP contribution in [0.15, 0.2) is 0 Å². The molecule has 0 aliphatic carbocycles. The standard InChI is InChI=1S/C17H31NO3/c1-4-6-15-11-14(8-10-21-15)18-9-5-7-13(12-18)17(2,3)16(19)20/h13-15H,4-12H2,1-3H3,(H,19,20). The van der Waals surface area contributed by atoms with Crippen LogP contribution in [-0.4, -0.2) is 47.8 Å². The predicted molar refractivity (Wildman–Crippen MR) is 83.4 cm³/mol. The summed E-state index contributed by atoms with van der Waals surface area (Å²) < 4.78 is 5.85. The molecule has 1 N–H and O–H groups in total. The lowest BCUT2D eigenvalue weighted by molar-refractivity contribution is -0.152. The van der Waals surface area contributed by atoms with E-state index in [4.69, 9.17) is 4.74 Å². The van der Waals surface area contributed by atoms with Crippen LogP contribution >= 0.6 is 0 Å². The first-order valence-electron chi connectivity index (χ1n) is 8.54. The van der Waals surface area contributed by atoms with Crippen molar-refractivity contribution in [2.75, 3.05) is 19.7 Å². The van der Waals surface area contributed by atoms with Crippen molar-refractivity contribution in [2.24, 2.45) is 11.3 Å². The molecule has 21 heavy (non-hydrogen) atoms. The fourth-order valence-electron chi connectivity index (χ4n) is 3.82. The second-order valence-electron chi connectivity index (χ2n) is 7.32. The summed E-state index contributed by atoms with van der Waals surface area (Å²) in [6, 6.07) is 0.586. The van der Waals surface area contributed by atoms with E-state index in [2.05, 4.69) is 11.8 Å². The van der Waals surface area contributed by atoms with Gasteiger partial charge in [0.15, 0.2) is 0 Å². The number of carboxylic acids is 1. The van der Waals surface area contributed by atoms with Crippen LogP contribution in [0.4, 0.5) is 0 Å². The van der Waals surface area contributed by atoms with Gasteiger partial charge in [0.2, 0.25) is 0 Å². The third kappa shape index (κ3) is 3.98. The van der Waals surface area contributed by atoms with Crippen LogP contribution in [0.3, 0.4) is 0 Å². The van der Waals surface area contributed by atoms with Crippen molar-refractivity contribution in [3.05, 3.63) is 0 Å². The van der Waals surface area contributed by atoms with E-state index < -0.39 is 11.4 Å². The van der Waals surface area contributed by atoms with Crippen LogP contribution in [0.1, 0.15) is 59.3 Å². The Kier molecular flexibility index (Phi) is 5.67. The molecule has 4 nitrogen and oxygen atoms in total. The molecule has 0 spiro atoms. The molecule has 2 heterocycles. The van der Waals surface area contributed by atoms with Gasteiger partial charge in [-0.05, 0) is 58.4 Å². The van der Waals surface area contributed by atoms with Gasteiger partial charge in [0, 0.05) is 19.2 Å². The van der Waals surface area contributed by atoms with Crippen molar-refractivity contribution in [1.82, 2.24) is 4.90 Å². The lowest BCUT2D eigenvalue weighted by Crippen LogP contribution is -2.50. The minimum Gasteiger partial charge on any atom is -0.481 e. The molecular formula is C17H31NO3. The minimum atomic E-state index is -0.662. The van der Waals surface area contributed by atoms with E-state index >= 15 is 0 Å². The molecule has 0 aromatic carbocycles.